The Labute approximate surface area is 150 Å². The van der Waals surface area contributed by atoms with E-state index in [9.17, 15) is 0 Å². The smallest absolute Gasteiger partial charge is 0.000496 e. The molecule has 25 heavy (non-hydrogen) atoms. The minimum atomic E-state index is 0.447. The maximum atomic E-state index is 2.86. The average Bonchev–Trinajstić information content (AvgIpc) is 3.21. The van der Waals surface area contributed by atoms with Crippen molar-refractivity contribution in [1.29, 1.82) is 0 Å². The van der Waals surface area contributed by atoms with Gasteiger partial charge in [-0.15, -0.1) is 0 Å². The number of hydrogen-bond acceptors (Lipinski definition) is 0. The fourth-order valence-corrected chi connectivity index (χ4v) is 4.71. The van der Waals surface area contributed by atoms with E-state index < -0.39 is 0 Å². The SMILES string of the molecule is CC1(C)CCCC2c3ccc4ccccc4c3C=CC21.c1cc[nH]c1. The van der Waals surface area contributed by atoms with Gasteiger partial charge in [-0.1, -0.05) is 68.8 Å². The van der Waals surface area contributed by atoms with Crippen LogP contribution in [-0.2, 0) is 0 Å². The summed E-state index contributed by atoms with van der Waals surface area (Å²) in [6.07, 6.45) is 12.7. The van der Waals surface area contributed by atoms with E-state index in [2.05, 4.69) is 67.4 Å². The molecule has 1 aromatic heterocycles. The van der Waals surface area contributed by atoms with Gasteiger partial charge in [0.2, 0.25) is 0 Å². The van der Waals surface area contributed by atoms with Crippen molar-refractivity contribution < 1.29 is 0 Å². The number of aromatic nitrogens is 1. The van der Waals surface area contributed by atoms with Crippen molar-refractivity contribution in [2.75, 3.05) is 0 Å². The van der Waals surface area contributed by atoms with Crippen molar-refractivity contribution in [2.24, 2.45) is 11.3 Å². The Balaban J connectivity index is 0.000000272. The normalized spacial score (nSPS) is 23.3. The van der Waals surface area contributed by atoms with Crippen LogP contribution in [0.4, 0.5) is 0 Å². The molecule has 128 valence electrons. The molecule has 1 saturated carbocycles. The lowest BCUT2D eigenvalue weighted by Gasteiger charge is -2.45. The number of hydrogen-bond donors (Lipinski definition) is 1. The molecule has 2 aliphatic carbocycles. The molecule has 0 spiro atoms. The second kappa shape index (κ2) is 6.55. The fraction of sp³-hybridized carbons (Fsp3) is 0.333. The Kier molecular flexibility index (Phi) is 4.25. The van der Waals surface area contributed by atoms with Gasteiger partial charge in [0.15, 0.2) is 0 Å². The van der Waals surface area contributed by atoms with Gasteiger partial charge in [-0.05, 0) is 64.1 Å². The minimum Gasteiger partial charge on any atom is -0.368 e. The van der Waals surface area contributed by atoms with Crippen LogP contribution in [0.5, 0.6) is 0 Å². The van der Waals surface area contributed by atoms with Crippen LogP contribution in [0, 0.1) is 11.3 Å². The molecule has 5 rings (SSSR count). The summed E-state index contributed by atoms with van der Waals surface area (Å²) in [7, 11) is 0. The molecule has 0 aliphatic heterocycles. The highest BCUT2D eigenvalue weighted by molar-refractivity contribution is 5.92. The predicted octanol–water partition coefficient (Wildman–Crippen LogP) is 6.79. The van der Waals surface area contributed by atoms with E-state index in [1.807, 2.05) is 24.5 Å². The molecule has 2 aromatic carbocycles. The first-order chi connectivity index (χ1) is 12.2. The van der Waals surface area contributed by atoms with Crippen LogP contribution >= 0.6 is 0 Å². The molecule has 3 aromatic rings. The summed E-state index contributed by atoms with van der Waals surface area (Å²) in [6.45, 7) is 4.89. The Hall–Kier alpha value is -2.28. The van der Waals surface area contributed by atoms with Crippen molar-refractivity contribution in [1.82, 2.24) is 4.98 Å². The Bertz CT molecular complexity index is 853. The Morgan fingerprint density at radius 3 is 2.52 bits per heavy atom. The zero-order valence-corrected chi connectivity index (χ0v) is 15.2. The molecular weight excluding hydrogens is 302 g/mol. The van der Waals surface area contributed by atoms with Crippen molar-refractivity contribution in [3.8, 4) is 0 Å². The lowest BCUT2D eigenvalue weighted by molar-refractivity contribution is 0.151. The number of rotatable bonds is 0. The molecule has 2 unspecified atom stereocenters. The standard InChI is InChI=1S/C20H22.C4H5N/c1-20(2)13-5-8-18-17-10-9-14-6-3-4-7-15(14)16(17)11-12-19(18)20;1-2-4-5-3-1/h3-4,6-7,9-12,18-19H,5,8,13H2,1-2H3;1-5H. The van der Waals surface area contributed by atoms with Crippen molar-refractivity contribution in [3.05, 3.63) is 78.1 Å². The summed E-state index contributed by atoms with van der Waals surface area (Å²) >= 11 is 0. The predicted molar refractivity (Wildman–Crippen MR) is 108 cm³/mol. The number of benzene rings is 2. The highest BCUT2D eigenvalue weighted by atomic mass is 14.6. The van der Waals surface area contributed by atoms with Gasteiger partial charge in [-0.2, -0.15) is 0 Å². The Morgan fingerprint density at radius 2 is 1.76 bits per heavy atom. The minimum absolute atomic E-state index is 0.447. The van der Waals surface area contributed by atoms with Crippen LogP contribution in [0.2, 0.25) is 0 Å². The molecule has 1 nitrogen and oxygen atoms in total. The topological polar surface area (TPSA) is 15.8 Å². The molecule has 0 amide bonds. The first-order valence-electron chi connectivity index (χ1n) is 9.44. The molecule has 2 aliphatic rings. The second-order valence-corrected chi connectivity index (χ2v) is 8.05. The zero-order chi connectivity index (χ0) is 17.3. The summed E-state index contributed by atoms with van der Waals surface area (Å²) in [5, 5.41) is 2.78. The van der Waals surface area contributed by atoms with E-state index in [0.29, 0.717) is 11.3 Å². The largest absolute Gasteiger partial charge is 0.368 e. The molecule has 2 atom stereocenters. The van der Waals surface area contributed by atoms with Gasteiger partial charge in [0, 0.05) is 12.4 Å². The number of allylic oxidation sites excluding steroid dienone is 1. The molecule has 1 N–H and O–H groups in total. The summed E-state index contributed by atoms with van der Waals surface area (Å²) in [6, 6.07) is 17.4. The molecule has 1 fully saturated rings. The van der Waals surface area contributed by atoms with Crippen molar-refractivity contribution >= 4 is 16.8 Å². The summed E-state index contributed by atoms with van der Waals surface area (Å²) in [5.41, 5.74) is 3.51. The Morgan fingerprint density at radius 1 is 0.960 bits per heavy atom. The van der Waals surface area contributed by atoms with E-state index in [0.717, 1.165) is 5.92 Å². The van der Waals surface area contributed by atoms with Crippen molar-refractivity contribution in [2.45, 2.75) is 39.0 Å². The quantitative estimate of drug-likeness (QED) is 0.467. The van der Waals surface area contributed by atoms with Crippen LogP contribution in [-0.4, -0.2) is 4.98 Å². The van der Waals surface area contributed by atoms with Crippen LogP contribution in [0.25, 0.3) is 16.8 Å². The highest BCUT2D eigenvalue weighted by Gasteiger charge is 2.40. The number of nitrogens with one attached hydrogen (secondary N) is 1. The van der Waals surface area contributed by atoms with E-state index in [4.69, 9.17) is 0 Å². The molecule has 0 radical (unpaired) electrons. The van der Waals surface area contributed by atoms with Gasteiger partial charge in [-0.25, -0.2) is 0 Å². The van der Waals surface area contributed by atoms with Gasteiger partial charge in [0.25, 0.3) is 0 Å². The molecule has 1 heteroatoms. The lowest BCUT2D eigenvalue weighted by Crippen LogP contribution is -2.33. The van der Waals surface area contributed by atoms with Crippen molar-refractivity contribution in [3.63, 3.8) is 0 Å². The monoisotopic (exact) mass is 329 g/mol. The third kappa shape index (κ3) is 3.04. The van der Waals surface area contributed by atoms with E-state index >= 15 is 0 Å². The van der Waals surface area contributed by atoms with Crippen LogP contribution < -0.4 is 0 Å². The van der Waals surface area contributed by atoms with Crippen LogP contribution in [0.1, 0.15) is 50.2 Å². The molecule has 0 bridgehead atoms. The van der Waals surface area contributed by atoms with Gasteiger partial charge in [0.05, 0.1) is 0 Å². The fourth-order valence-electron chi connectivity index (χ4n) is 4.71. The highest BCUT2D eigenvalue weighted by Crippen LogP contribution is 2.52. The average molecular weight is 329 g/mol. The molecule has 1 heterocycles. The number of aromatic amines is 1. The van der Waals surface area contributed by atoms with Crippen LogP contribution in [0.15, 0.2) is 67.0 Å². The first-order valence-corrected chi connectivity index (χ1v) is 9.44. The lowest BCUT2D eigenvalue weighted by atomic mass is 9.59. The number of H-pyrrole nitrogens is 1. The second-order valence-electron chi connectivity index (χ2n) is 8.05. The third-order valence-corrected chi connectivity index (χ3v) is 6.04. The molecule has 0 saturated heterocycles. The summed E-state index contributed by atoms with van der Waals surface area (Å²) in [5.74, 6) is 1.44. The maximum Gasteiger partial charge on any atom is 0.000496 e. The third-order valence-electron chi connectivity index (χ3n) is 6.04. The zero-order valence-electron chi connectivity index (χ0n) is 15.2. The summed E-state index contributed by atoms with van der Waals surface area (Å²) in [4.78, 5) is 2.86. The van der Waals surface area contributed by atoms with E-state index in [1.165, 1.54) is 35.6 Å². The first kappa shape index (κ1) is 16.2. The molecular formula is C24H27N. The van der Waals surface area contributed by atoms with E-state index in [-0.39, 0.29) is 0 Å². The van der Waals surface area contributed by atoms with Crippen LogP contribution in [0.3, 0.4) is 0 Å². The maximum absolute atomic E-state index is 2.86. The van der Waals surface area contributed by atoms with E-state index in [1.54, 1.807) is 5.56 Å². The van der Waals surface area contributed by atoms with Gasteiger partial charge in [0.1, 0.15) is 0 Å². The van der Waals surface area contributed by atoms with Gasteiger partial charge >= 0.3 is 0 Å². The number of fused-ring (bicyclic) bond motifs is 5. The van der Waals surface area contributed by atoms with Gasteiger partial charge in [-0.3, -0.25) is 0 Å². The summed E-state index contributed by atoms with van der Waals surface area (Å²) < 4.78 is 0. The van der Waals surface area contributed by atoms with Gasteiger partial charge < -0.3 is 4.98 Å².